The standard InChI is InChI=1S/C18H18N4OS3/c1-11-8-12(2)20-17(19-11)24-10-16(23)22-14-4-6-15(7-5-14)26-18-21-13(3)9-25-18/h4-9H,10H2,1-3H3,(H,22,23). The number of carbonyl (C=O) groups is 1. The lowest BCUT2D eigenvalue weighted by Crippen LogP contribution is -2.14. The minimum atomic E-state index is -0.0753. The first-order chi connectivity index (χ1) is 12.5. The molecular weight excluding hydrogens is 384 g/mol. The van der Waals surface area contributed by atoms with Gasteiger partial charge in [0.05, 0.1) is 5.75 Å². The maximum atomic E-state index is 12.1. The third kappa shape index (κ3) is 5.55. The molecule has 3 aromatic rings. The molecule has 0 bridgehead atoms. The van der Waals surface area contributed by atoms with E-state index in [4.69, 9.17) is 0 Å². The van der Waals surface area contributed by atoms with Crippen LogP contribution in [0.1, 0.15) is 17.1 Å². The van der Waals surface area contributed by atoms with Gasteiger partial charge in [-0.1, -0.05) is 23.5 Å². The third-order valence-electron chi connectivity index (χ3n) is 3.24. The summed E-state index contributed by atoms with van der Waals surface area (Å²) in [4.78, 5) is 26.3. The van der Waals surface area contributed by atoms with E-state index in [-0.39, 0.29) is 11.7 Å². The molecule has 0 aliphatic carbocycles. The maximum absolute atomic E-state index is 12.1. The molecule has 5 nitrogen and oxygen atoms in total. The van der Waals surface area contributed by atoms with Crippen molar-refractivity contribution in [3.05, 3.63) is 52.8 Å². The molecule has 0 radical (unpaired) electrons. The van der Waals surface area contributed by atoms with E-state index in [9.17, 15) is 4.79 Å². The van der Waals surface area contributed by atoms with Crippen LogP contribution >= 0.6 is 34.9 Å². The largest absolute Gasteiger partial charge is 0.325 e. The molecule has 1 aromatic carbocycles. The van der Waals surface area contributed by atoms with Gasteiger partial charge in [-0.2, -0.15) is 0 Å². The van der Waals surface area contributed by atoms with Crippen LogP contribution in [0, 0.1) is 20.8 Å². The molecule has 1 amide bonds. The first-order valence-corrected chi connectivity index (χ1v) is 10.6. The van der Waals surface area contributed by atoms with E-state index in [0.29, 0.717) is 5.16 Å². The molecule has 0 unspecified atom stereocenters. The van der Waals surface area contributed by atoms with Crippen LogP contribution in [-0.4, -0.2) is 26.6 Å². The summed E-state index contributed by atoms with van der Waals surface area (Å²) in [5.74, 6) is 0.200. The lowest BCUT2D eigenvalue weighted by Gasteiger charge is -2.06. The Labute approximate surface area is 165 Å². The van der Waals surface area contributed by atoms with Crippen molar-refractivity contribution in [2.24, 2.45) is 0 Å². The highest BCUT2D eigenvalue weighted by Crippen LogP contribution is 2.30. The van der Waals surface area contributed by atoms with Crippen molar-refractivity contribution >= 4 is 46.5 Å². The van der Waals surface area contributed by atoms with Gasteiger partial charge in [-0.15, -0.1) is 11.3 Å². The number of thiazole rings is 1. The van der Waals surface area contributed by atoms with Crippen molar-refractivity contribution in [2.75, 3.05) is 11.1 Å². The van der Waals surface area contributed by atoms with Crippen molar-refractivity contribution in [3.63, 3.8) is 0 Å². The Balaban J connectivity index is 1.52. The number of benzene rings is 1. The molecule has 0 spiro atoms. The molecule has 0 aliphatic heterocycles. The van der Waals surface area contributed by atoms with Crippen LogP contribution in [0.2, 0.25) is 0 Å². The van der Waals surface area contributed by atoms with Gasteiger partial charge in [0, 0.05) is 33.0 Å². The van der Waals surface area contributed by atoms with Gasteiger partial charge in [0.15, 0.2) is 9.50 Å². The predicted octanol–water partition coefficient (Wildman–Crippen LogP) is 4.74. The lowest BCUT2D eigenvalue weighted by atomic mass is 10.3. The number of nitrogens with one attached hydrogen (secondary N) is 1. The van der Waals surface area contributed by atoms with Crippen LogP contribution in [0.5, 0.6) is 0 Å². The summed E-state index contributed by atoms with van der Waals surface area (Å²) in [5, 5.41) is 5.56. The van der Waals surface area contributed by atoms with Crippen molar-refractivity contribution in [3.8, 4) is 0 Å². The zero-order valence-electron chi connectivity index (χ0n) is 14.6. The highest BCUT2D eigenvalue weighted by atomic mass is 32.2. The summed E-state index contributed by atoms with van der Waals surface area (Å²) in [6.07, 6.45) is 0. The Morgan fingerprint density at radius 1 is 1.04 bits per heavy atom. The van der Waals surface area contributed by atoms with Gasteiger partial charge in [-0.3, -0.25) is 4.79 Å². The summed E-state index contributed by atoms with van der Waals surface area (Å²) in [5.41, 5.74) is 3.62. The molecule has 2 aromatic heterocycles. The second kappa shape index (κ2) is 8.66. The van der Waals surface area contributed by atoms with Crippen molar-refractivity contribution in [1.82, 2.24) is 15.0 Å². The van der Waals surface area contributed by atoms with E-state index in [1.807, 2.05) is 56.5 Å². The Bertz CT molecular complexity index is 889. The summed E-state index contributed by atoms with van der Waals surface area (Å²) in [6, 6.07) is 9.68. The average molecular weight is 403 g/mol. The van der Waals surface area contributed by atoms with Crippen LogP contribution in [0.4, 0.5) is 5.69 Å². The molecule has 0 aliphatic rings. The molecule has 8 heteroatoms. The predicted molar refractivity (Wildman–Crippen MR) is 108 cm³/mol. The summed E-state index contributed by atoms with van der Waals surface area (Å²) in [6.45, 7) is 5.83. The van der Waals surface area contributed by atoms with E-state index in [0.717, 1.165) is 32.0 Å². The molecule has 0 fully saturated rings. The monoisotopic (exact) mass is 402 g/mol. The molecule has 134 valence electrons. The first kappa shape index (κ1) is 18.9. The van der Waals surface area contributed by atoms with E-state index in [1.165, 1.54) is 11.8 Å². The summed E-state index contributed by atoms with van der Waals surface area (Å²) < 4.78 is 1.02. The number of rotatable bonds is 6. The minimum absolute atomic E-state index is 0.0753. The minimum Gasteiger partial charge on any atom is -0.325 e. The normalized spacial score (nSPS) is 10.7. The van der Waals surface area contributed by atoms with Crippen LogP contribution in [-0.2, 0) is 4.79 Å². The molecule has 2 heterocycles. The van der Waals surface area contributed by atoms with Crippen LogP contribution < -0.4 is 5.32 Å². The van der Waals surface area contributed by atoms with Gasteiger partial charge >= 0.3 is 0 Å². The number of hydrogen-bond acceptors (Lipinski definition) is 7. The number of nitrogens with zero attached hydrogens (tertiary/aromatic N) is 3. The lowest BCUT2D eigenvalue weighted by molar-refractivity contribution is -0.113. The van der Waals surface area contributed by atoms with Gasteiger partial charge in [-0.25, -0.2) is 15.0 Å². The number of amides is 1. The second-order valence-corrected chi connectivity index (χ2v) is 8.77. The van der Waals surface area contributed by atoms with Gasteiger partial charge in [0.2, 0.25) is 5.91 Å². The van der Waals surface area contributed by atoms with E-state index in [2.05, 4.69) is 20.3 Å². The molecule has 26 heavy (non-hydrogen) atoms. The quantitative estimate of drug-likeness (QED) is 0.474. The topological polar surface area (TPSA) is 67.8 Å². The number of anilines is 1. The van der Waals surface area contributed by atoms with Gasteiger partial charge in [0.25, 0.3) is 0 Å². The first-order valence-electron chi connectivity index (χ1n) is 7.93. The Morgan fingerprint density at radius 2 is 1.73 bits per heavy atom. The molecule has 0 saturated carbocycles. The molecule has 0 atom stereocenters. The third-order valence-corrected chi connectivity index (χ3v) is 6.15. The fourth-order valence-electron chi connectivity index (χ4n) is 2.17. The molecule has 0 saturated heterocycles. The number of hydrogen-bond donors (Lipinski definition) is 1. The second-order valence-electron chi connectivity index (χ2n) is 5.65. The van der Waals surface area contributed by atoms with Gasteiger partial charge in [-0.05, 0) is 51.1 Å². The van der Waals surface area contributed by atoms with Crippen molar-refractivity contribution < 1.29 is 4.79 Å². The Hall–Kier alpha value is -1.90. The van der Waals surface area contributed by atoms with Gasteiger partial charge in [0.1, 0.15) is 0 Å². The van der Waals surface area contributed by atoms with Crippen molar-refractivity contribution in [2.45, 2.75) is 35.2 Å². The van der Waals surface area contributed by atoms with E-state index < -0.39 is 0 Å². The zero-order valence-corrected chi connectivity index (χ0v) is 17.1. The molecule has 1 N–H and O–H groups in total. The van der Waals surface area contributed by atoms with E-state index in [1.54, 1.807) is 23.1 Å². The Morgan fingerprint density at radius 3 is 2.35 bits per heavy atom. The number of thioether (sulfide) groups is 1. The van der Waals surface area contributed by atoms with Crippen LogP contribution in [0.25, 0.3) is 0 Å². The van der Waals surface area contributed by atoms with Gasteiger partial charge < -0.3 is 5.32 Å². The Kier molecular flexibility index (Phi) is 6.29. The van der Waals surface area contributed by atoms with Crippen LogP contribution in [0.15, 0.2) is 50.1 Å². The fraction of sp³-hybridized carbons (Fsp3) is 0.222. The van der Waals surface area contributed by atoms with Crippen LogP contribution in [0.3, 0.4) is 0 Å². The zero-order chi connectivity index (χ0) is 18.5. The average Bonchev–Trinajstić information content (AvgIpc) is 2.99. The highest BCUT2D eigenvalue weighted by molar-refractivity contribution is 8.01. The molecular formula is C18H18N4OS3. The fourth-order valence-corrected chi connectivity index (χ4v) is 4.73. The molecule has 3 rings (SSSR count). The summed E-state index contributed by atoms with van der Waals surface area (Å²) in [7, 11) is 0. The number of carbonyl (C=O) groups excluding carboxylic acids is 1. The number of aromatic nitrogens is 3. The maximum Gasteiger partial charge on any atom is 0.234 e. The SMILES string of the molecule is Cc1cc(C)nc(SCC(=O)Nc2ccc(Sc3nc(C)cs3)cc2)n1. The van der Waals surface area contributed by atoms with Crippen molar-refractivity contribution in [1.29, 1.82) is 0 Å². The highest BCUT2D eigenvalue weighted by Gasteiger charge is 2.07. The van der Waals surface area contributed by atoms with E-state index >= 15 is 0 Å². The summed E-state index contributed by atoms with van der Waals surface area (Å²) >= 11 is 4.59. The smallest absolute Gasteiger partial charge is 0.234 e. The number of aryl methyl sites for hydroxylation is 3.